The van der Waals surface area contributed by atoms with Gasteiger partial charge in [-0.3, -0.25) is 47.0 Å². The molecule has 0 spiro atoms. The molecule has 0 aliphatic carbocycles. The first-order valence-electron chi connectivity index (χ1n) is 10.7. The molecule has 0 unspecified atom stereocenters. The summed E-state index contributed by atoms with van der Waals surface area (Å²) in [7, 11) is -28.8. The average Bonchev–Trinajstić information content (AvgIpc) is 2.60. The van der Waals surface area contributed by atoms with E-state index < -0.39 is 109 Å². The predicted molar refractivity (Wildman–Crippen MR) is 207 cm³/mol. The van der Waals surface area contributed by atoms with Crippen molar-refractivity contribution >= 4 is 400 Å². The smallest absolute Gasteiger partial charge is 0.324 e. The number of nitrogens with zero attached hydrogens (tertiary/aromatic N) is 4. The van der Waals surface area contributed by atoms with Gasteiger partial charge >= 0.3 is 45.6 Å². The van der Waals surface area contributed by atoms with Gasteiger partial charge in [-0.1, -0.05) is 0 Å². The van der Waals surface area contributed by atoms with Crippen molar-refractivity contribution in [1.29, 1.82) is 0 Å². The molecule has 0 aromatic rings. The van der Waals surface area contributed by atoms with Crippen molar-refractivity contribution in [2.45, 2.75) is 0 Å². The van der Waals surface area contributed by atoms with Crippen LogP contribution in [0.25, 0.3) is 0 Å². The molecule has 0 aliphatic rings. The zero-order valence-electron chi connectivity index (χ0n) is 32.8. The third kappa shape index (κ3) is 71.7. The van der Waals surface area contributed by atoms with Crippen molar-refractivity contribution in [3.63, 3.8) is 0 Å². The molecule has 40 heteroatoms. The summed E-state index contributed by atoms with van der Waals surface area (Å²) in [6.45, 7) is -2.65. The third-order valence-electron chi connectivity index (χ3n) is 4.50. The zero-order valence-corrected chi connectivity index (χ0v) is 62.1. The SMILES string of the molecule is O=P(O)(O)CN(CCN(CCN(CP(=O)(O)O)CP(=O)(O)O)CP(=O)(O)O)CCN(CP(=O)(O)O)CP(=O)(O)O.[Na].[Na].[Na].[Na].[Na].[Na].[Na].[Na].[Na].[Na].[Na].[Na]. The molecular formula is C12H36N4Na12O18P6. The molecular weight excluding hydrogens is 950 g/mol. The van der Waals surface area contributed by atoms with E-state index in [1.165, 1.54) is 0 Å². The Morgan fingerprint density at radius 3 is 0.442 bits per heavy atom. The molecule has 0 aromatic heterocycles. The maximum Gasteiger partial charge on any atom is 0.339 e. The summed E-state index contributed by atoms with van der Waals surface area (Å²) in [5.74, 6) is 0. The minimum Gasteiger partial charge on any atom is -0.324 e. The Bertz CT molecular complexity index is 982. The number of hydrogen-bond donors (Lipinski definition) is 12. The molecule has 0 heterocycles. The van der Waals surface area contributed by atoms with Gasteiger partial charge in [-0.25, -0.2) is 0 Å². The Hall–Kier alpha value is 12.7. The van der Waals surface area contributed by atoms with Gasteiger partial charge in [-0.05, 0) is 0 Å². The van der Waals surface area contributed by atoms with Crippen molar-refractivity contribution in [1.82, 2.24) is 19.6 Å². The van der Waals surface area contributed by atoms with E-state index in [0.717, 1.165) is 9.80 Å². The van der Waals surface area contributed by atoms with Gasteiger partial charge in [0.25, 0.3) is 0 Å². The summed E-state index contributed by atoms with van der Waals surface area (Å²) in [5, 5.41) is 0. The van der Waals surface area contributed by atoms with Crippen LogP contribution >= 0.6 is 45.6 Å². The summed E-state index contributed by atoms with van der Waals surface area (Å²) in [6, 6.07) is 0. The Kier molecular flexibility index (Phi) is 89.6. The maximum absolute atomic E-state index is 11.6. The standard InChI is InChI=1S/C12H36N4O18P6.12Na/c17-35(18,19)7-13(3-5-15(9-37(23,24)25)10-38(26,27)28)1-2-14(8-36(20,21)22)4-6-16(11-39(29,30)31)12-40(32,33)34;;;;;;;;;;;;/h1-12H2,(H2,17,18,19)(H2,20,21,22)(H2,23,24,25)(H2,26,27,28)(H2,29,30,31)(H2,32,33,34);;;;;;;;;;;;. The first-order chi connectivity index (χ1) is 17.5. The van der Waals surface area contributed by atoms with E-state index >= 15 is 0 Å². The van der Waals surface area contributed by atoms with E-state index in [1.807, 2.05) is 0 Å². The fourth-order valence-electron chi connectivity index (χ4n) is 3.29. The second-order valence-corrected chi connectivity index (χ2v) is 18.5. The molecule has 52 heavy (non-hydrogen) atoms. The van der Waals surface area contributed by atoms with Crippen LogP contribution in [0.4, 0.5) is 0 Å². The van der Waals surface area contributed by atoms with Gasteiger partial charge in [0.15, 0.2) is 0 Å². The Morgan fingerprint density at radius 1 is 0.231 bits per heavy atom. The van der Waals surface area contributed by atoms with Crippen LogP contribution in [-0.2, 0) is 27.4 Å². The zero-order chi connectivity index (χ0) is 31.8. The fourth-order valence-corrected chi connectivity index (χ4v) is 8.26. The number of hydrogen-bond acceptors (Lipinski definition) is 10. The van der Waals surface area contributed by atoms with Crippen molar-refractivity contribution in [2.24, 2.45) is 0 Å². The van der Waals surface area contributed by atoms with E-state index in [-0.39, 0.29) is 368 Å². The second-order valence-electron chi connectivity index (χ2n) is 8.86. The fraction of sp³-hybridized carbons (Fsp3) is 1.00. The molecule has 22 nitrogen and oxygen atoms in total. The Balaban J connectivity index is -0.000000115. The van der Waals surface area contributed by atoms with E-state index in [4.69, 9.17) is 39.1 Å². The maximum atomic E-state index is 11.6. The van der Waals surface area contributed by atoms with Crippen LogP contribution in [0.3, 0.4) is 0 Å². The van der Waals surface area contributed by atoms with Crippen molar-refractivity contribution in [3.8, 4) is 0 Å². The molecule has 0 amide bonds. The summed E-state index contributed by atoms with van der Waals surface area (Å²) in [4.78, 5) is 114. The van der Waals surface area contributed by atoms with Crippen LogP contribution < -0.4 is 0 Å². The van der Waals surface area contributed by atoms with Crippen molar-refractivity contribution < 1.29 is 86.1 Å². The van der Waals surface area contributed by atoms with Gasteiger partial charge in [0.1, 0.15) is 37.7 Å². The largest absolute Gasteiger partial charge is 0.339 e. The third-order valence-corrected chi connectivity index (χ3v) is 9.11. The molecule has 0 aromatic carbocycles. The van der Waals surface area contributed by atoms with Crippen LogP contribution in [0.1, 0.15) is 0 Å². The molecule has 254 valence electrons. The van der Waals surface area contributed by atoms with Crippen LogP contribution in [-0.4, -0.2) is 510 Å². The van der Waals surface area contributed by atoms with Gasteiger partial charge in [0.05, 0.1) is 0 Å². The monoisotopic (exact) mass is 986 g/mol. The summed E-state index contributed by atoms with van der Waals surface area (Å²) in [5.41, 5.74) is 0. The molecule has 12 radical (unpaired) electrons. The Labute approximate surface area is 569 Å². The first kappa shape index (κ1) is 98.3. The minimum absolute atomic E-state index is 0. The van der Waals surface area contributed by atoms with Crippen LogP contribution in [0.2, 0.25) is 0 Å². The molecule has 0 saturated carbocycles. The van der Waals surface area contributed by atoms with Crippen LogP contribution in [0.5, 0.6) is 0 Å². The van der Waals surface area contributed by atoms with Crippen LogP contribution in [0.15, 0.2) is 0 Å². The van der Waals surface area contributed by atoms with E-state index in [9.17, 15) is 47.0 Å². The molecule has 12 N–H and O–H groups in total. The molecule has 0 fully saturated rings. The van der Waals surface area contributed by atoms with Crippen LogP contribution in [0, 0.1) is 0 Å². The van der Waals surface area contributed by atoms with E-state index in [2.05, 4.69) is 0 Å². The predicted octanol–water partition coefficient (Wildman–Crippen LogP) is -7.56. The van der Waals surface area contributed by atoms with Gasteiger partial charge < -0.3 is 58.7 Å². The van der Waals surface area contributed by atoms with Crippen molar-refractivity contribution in [3.05, 3.63) is 0 Å². The van der Waals surface area contributed by atoms with Gasteiger partial charge in [0.2, 0.25) is 0 Å². The normalized spacial score (nSPS) is 11.3. The topological polar surface area (TPSA) is 358 Å². The molecule has 0 atom stereocenters. The quantitative estimate of drug-likeness (QED) is 0.0375. The minimum atomic E-state index is -4.81. The molecule has 0 aliphatic heterocycles. The van der Waals surface area contributed by atoms with Gasteiger partial charge in [-0.2, -0.15) is 0 Å². The first-order valence-corrected chi connectivity index (χ1v) is 21.5. The average molecular weight is 986 g/mol. The molecule has 0 bridgehead atoms. The molecule has 0 rings (SSSR count). The van der Waals surface area contributed by atoms with Crippen molar-refractivity contribution in [2.75, 3.05) is 77.0 Å². The molecule has 0 saturated heterocycles. The second kappa shape index (κ2) is 47.4. The van der Waals surface area contributed by atoms with Gasteiger partial charge in [0, 0.05) is 394 Å². The Morgan fingerprint density at radius 2 is 0.327 bits per heavy atom. The van der Waals surface area contributed by atoms with E-state index in [1.54, 1.807) is 0 Å². The summed E-state index contributed by atoms with van der Waals surface area (Å²) in [6.07, 6.45) is -6.33. The van der Waals surface area contributed by atoms with Gasteiger partial charge in [-0.15, -0.1) is 0 Å². The van der Waals surface area contributed by atoms with E-state index in [0.29, 0.717) is 9.80 Å². The number of rotatable bonds is 21. The summed E-state index contributed by atoms with van der Waals surface area (Å²) < 4.78 is 68.5. The summed E-state index contributed by atoms with van der Waals surface area (Å²) >= 11 is 0.